The molecule has 30 heavy (non-hydrogen) atoms. The second kappa shape index (κ2) is 8.78. The van der Waals surface area contributed by atoms with E-state index in [9.17, 15) is 9.18 Å². The zero-order valence-corrected chi connectivity index (χ0v) is 18.1. The lowest BCUT2D eigenvalue weighted by atomic mass is 10.0. The van der Waals surface area contributed by atoms with Gasteiger partial charge in [-0.1, -0.05) is 6.92 Å². The van der Waals surface area contributed by atoms with Crippen molar-refractivity contribution in [2.45, 2.75) is 25.5 Å². The Hall–Kier alpha value is -2.38. The van der Waals surface area contributed by atoms with Crippen LogP contribution in [0.25, 0.3) is 0 Å². The highest BCUT2D eigenvalue weighted by Gasteiger charge is 2.39. The van der Waals surface area contributed by atoms with E-state index < -0.39 is 0 Å². The summed E-state index contributed by atoms with van der Waals surface area (Å²) in [5.74, 6) is -0.111. The number of piperazine rings is 1. The first-order chi connectivity index (χ1) is 14.5. The minimum Gasteiger partial charge on any atom is -0.375 e. The maximum Gasteiger partial charge on any atom is 0.255 e. The fourth-order valence-electron chi connectivity index (χ4n) is 4.81. The second-order valence-electron chi connectivity index (χ2n) is 8.27. The third-order valence-electron chi connectivity index (χ3n) is 6.29. The molecule has 6 nitrogen and oxygen atoms in total. The van der Waals surface area contributed by atoms with Crippen LogP contribution in [0.3, 0.4) is 0 Å². The van der Waals surface area contributed by atoms with Crippen molar-refractivity contribution in [2.75, 3.05) is 51.3 Å². The quantitative estimate of drug-likeness (QED) is 0.755. The molecule has 1 saturated heterocycles. The number of carbonyl (C=O) groups excluding carboxylic acids is 1. The first kappa shape index (κ1) is 20.9. The molecule has 2 unspecified atom stereocenters. The fourth-order valence-corrected chi connectivity index (χ4v) is 4.81. The van der Waals surface area contributed by atoms with E-state index in [0.717, 1.165) is 56.0 Å². The monoisotopic (exact) mass is 414 g/mol. The van der Waals surface area contributed by atoms with Crippen molar-refractivity contribution >= 4 is 11.6 Å². The molecule has 4 rings (SSSR count). The van der Waals surface area contributed by atoms with Gasteiger partial charge in [0.15, 0.2) is 0 Å². The number of hydrogen-bond acceptors (Lipinski definition) is 4. The molecule has 0 spiro atoms. The molecule has 0 bridgehead atoms. The summed E-state index contributed by atoms with van der Waals surface area (Å²) in [6.07, 6.45) is 4.72. The number of fused-ring (bicyclic) bond motifs is 1. The lowest BCUT2D eigenvalue weighted by molar-refractivity contribution is 0.000217. The van der Waals surface area contributed by atoms with E-state index in [-0.39, 0.29) is 23.9 Å². The summed E-state index contributed by atoms with van der Waals surface area (Å²) >= 11 is 0. The number of rotatable bonds is 5. The second-order valence-corrected chi connectivity index (χ2v) is 8.27. The van der Waals surface area contributed by atoms with E-state index in [1.165, 1.54) is 12.1 Å². The predicted octanol–water partition coefficient (Wildman–Crippen LogP) is 2.91. The summed E-state index contributed by atoms with van der Waals surface area (Å²) in [6, 6.07) is 6.81. The summed E-state index contributed by atoms with van der Waals surface area (Å²) < 4.78 is 21.2. The molecular weight excluding hydrogens is 383 g/mol. The molecule has 2 aliphatic heterocycles. The maximum atomic E-state index is 13.3. The number of hydrogen-bond donors (Lipinski definition) is 0. The molecule has 1 aromatic carbocycles. The smallest absolute Gasteiger partial charge is 0.255 e. The molecule has 7 heteroatoms. The number of benzene rings is 1. The van der Waals surface area contributed by atoms with Crippen LogP contribution in [0.1, 0.15) is 35.4 Å². The number of aromatic nitrogens is 1. The average Bonchev–Trinajstić information content (AvgIpc) is 3.10. The van der Waals surface area contributed by atoms with Crippen molar-refractivity contribution in [1.29, 1.82) is 0 Å². The van der Waals surface area contributed by atoms with Gasteiger partial charge >= 0.3 is 0 Å². The van der Waals surface area contributed by atoms with Crippen LogP contribution >= 0.6 is 0 Å². The van der Waals surface area contributed by atoms with Gasteiger partial charge in [0, 0.05) is 77.1 Å². The number of amides is 1. The lowest BCUT2D eigenvalue weighted by Crippen LogP contribution is -2.55. The lowest BCUT2D eigenvalue weighted by Gasteiger charge is -2.43. The SMILES string of the molecule is CCCN1CC(N2CCN(c3ccc(F)cc3)CC2)C(OC)c2cn(C)cc2C1=O. The number of nitrogens with zero attached hydrogens (tertiary/aromatic N) is 4. The number of aryl methyl sites for hydroxylation is 1. The van der Waals surface area contributed by atoms with E-state index in [4.69, 9.17) is 4.74 Å². The number of halogens is 1. The molecule has 1 amide bonds. The fraction of sp³-hybridized carbons (Fsp3) is 0.522. The van der Waals surface area contributed by atoms with Gasteiger partial charge in [0.05, 0.1) is 11.6 Å². The summed E-state index contributed by atoms with van der Waals surface area (Å²) in [5, 5.41) is 0. The Bertz CT molecular complexity index is 874. The molecule has 0 aliphatic carbocycles. The van der Waals surface area contributed by atoms with E-state index in [2.05, 4.69) is 16.7 Å². The molecule has 0 N–H and O–H groups in total. The summed E-state index contributed by atoms with van der Waals surface area (Å²) in [4.78, 5) is 19.9. The van der Waals surface area contributed by atoms with Gasteiger partial charge in [0.1, 0.15) is 11.9 Å². The Morgan fingerprint density at radius 3 is 2.43 bits per heavy atom. The molecule has 2 atom stereocenters. The average molecular weight is 415 g/mol. The first-order valence-corrected chi connectivity index (χ1v) is 10.7. The highest BCUT2D eigenvalue weighted by Crippen LogP contribution is 2.33. The van der Waals surface area contributed by atoms with Gasteiger partial charge in [-0.25, -0.2) is 4.39 Å². The molecule has 0 radical (unpaired) electrons. The van der Waals surface area contributed by atoms with Crippen molar-refractivity contribution in [2.24, 2.45) is 7.05 Å². The number of carbonyl (C=O) groups is 1. The zero-order chi connectivity index (χ0) is 21.3. The van der Waals surface area contributed by atoms with Crippen molar-refractivity contribution in [3.05, 3.63) is 53.6 Å². The van der Waals surface area contributed by atoms with Gasteiger partial charge in [-0.2, -0.15) is 0 Å². The number of methoxy groups -OCH3 is 1. The summed E-state index contributed by atoms with van der Waals surface area (Å²) in [7, 11) is 3.69. The zero-order valence-electron chi connectivity index (χ0n) is 18.1. The van der Waals surface area contributed by atoms with Crippen molar-refractivity contribution < 1.29 is 13.9 Å². The van der Waals surface area contributed by atoms with Crippen LogP contribution in [0.5, 0.6) is 0 Å². The topological polar surface area (TPSA) is 41.0 Å². The van der Waals surface area contributed by atoms with E-state index in [1.807, 2.05) is 41.0 Å². The van der Waals surface area contributed by atoms with E-state index in [1.54, 1.807) is 7.11 Å². The molecular formula is C23H31FN4O2. The van der Waals surface area contributed by atoms with Gasteiger partial charge in [-0.3, -0.25) is 9.69 Å². The van der Waals surface area contributed by atoms with Gasteiger partial charge in [-0.15, -0.1) is 0 Å². The Labute approximate surface area is 177 Å². The molecule has 3 heterocycles. The van der Waals surface area contributed by atoms with Crippen molar-refractivity contribution in [3.8, 4) is 0 Å². The van der Waals surface area contributed by atoms with Gasteiger partial charge < -0.3 is 19.1 Å². The largest absolute Gasteiger partial charge is 0.375 e. The molecule has 1 aromatic heterocycles. The molecule has 162 valence electrons. The van der Waals surface area contributed by atoms with Crippen LogP contribution in [0.2, 0.25) is 0 Å². The summed E-state index contributed by atoms with van der Waals surface area (Å²) in [6.45, 7) is 6.99. The minimum absolute atomic E-state index is 0.0990. The first-order valence-electron chi connectivity index (χ1n) is 10.7. The Morgan fingerprint density at radius 2 is 1.80 bits per heavy atom. The third-order valence-corrected chi connectivity index (χ3v) is 6.29. The molecule has 1 fully saturated rings. The standard InChI is InChI=1S/C23H31FN4O2/c1-4-9-28-16-21(22(30-3)19-14-25(2)15-20(19)23(28)29)27-12-10-26(11-13-27)18-7-5-17(24)6-8-18/h5-8,14-15,21-22H,4,9-13,16H2,1-3H3. The highest BCUT2D eigenvalue weighted by atomic mass is 19.1. The van der Waals surface area contributed by atoms with Crippen LogP contribution in [-0.4, -0.2) is 72.7 Å². The Morgan fingerprint density at radius 1 is 1.10 bits per heavy atom. The third kappa shape index (κ3) is 3.96. The molecule has 2 aromatic rings. The van der Waals surface area contributed by atoms with Gasteiger partial charge in [0.25, 0.3) is 5.91 Å². The molecule has 2 aliphatic rings. The van der Waals surface area contributed by atoms with Crippen LogP contribution < -0.4 is 4.90 Å². The number of anilines is 1. The normalized spacial score (nSPS) is 22.9. The van der Waals surface area contributed by atoms with E-state index >= 15 is 0 Å². The minimum atomic E-state index is -0.210. The maximum absolute atomic E-state index is 13.3. The van der Waals surface area contributed by atoms with E-state index in [0.29, 0.717) is 6.54 Å². The molecule has 0 saturated carbocycles. The van der Waals surface area contributed by atoms with Gasteiger partial charge in [-0.05, 0) is 30.7 Å². The Balaban J connectivity index is 1.56. The Kier molecular flexibility index (Phi) is 6.11. The predicted molar refractivity (Wildman–Crippen MR) is 115 cm³/mol. The van der Waals surface area contributed by atoms with Crippen molar-refractivity contribution in [3.63, 3.8) is 0 Å². The van der Waals surface area contributed by atoms with Crippen LogP contribution in [0.4, 0.5) is 10.1 Å². The summed E-state index contributed by atoms with van der Waals surface area (Å²) in [5.41, 5.74) is 2.79. The van der Waals surface area contributed by atoms with Crippen LogP contribution in [0.15, 0.2) is 36.7 Å². The van der Waals surface area contributed by atoms with Crippen LogP contribution in [-0.2, 0) is 11.8 Å². The van der Waals surface area contributed by atoms with Crippen molar-refractivity contribution in [1.82, 2.24) is 14.4 Å². The highest BCUT2D eigenvalue weighted by molar-refractivity contribution is 5.96. The number of ether oxygens (including phenoxy) is 1. The van der Waals surface area contributed by atoms with Gasteiger partial charge in [0.2, 0.25) is 0 Å². The van der Waals surface area contributed by atoms with Crippen LogP contribution in [0, 0.1) is 5.82 Å².